The number of amides is 2. The third-order valence-corrected chi connectivity index (χ3v) is 5.07. The quantitative estimate of drug-likeness (QED) is 0.703. The molecule has 0 radical (unpaired) electrons. The topological polar surface area (TPSA) is 89.8 Å². The van der Waals surface area contributed by atoms with E-state index in [4.69, 9.17) is 9.47 Å². The van der Waals surface area contributed by atoms with Gasteiger partial charge in [-0.1, -0.05) is 11.3 Å². The van der Waals surface area contributed by atoms with Crippen LogP contribution >= 0.6 is 0 Å². The molecule has 148 valence electrons. The third-order valence-electron chi connectivity index (χ3n) is 5.07. The molecule has 1 aromatic carbocycles. The van der Waals surface area contributed by atoms with Crippen LogP contribution in [-0.4, -0.2) is 70.0 Å². The Kier molecular flexibility index (Phi) is 5.14. The number of rotatable bonds is 7. The zero-order chi connectivity index (χ0) is 19.5. The Bertz CT molecular complexity index is 862. The van der Waals surface area contributed by atoms with Gasteiger partial charge in [-0.2, -0.15) is 0 Å². The number of methoxy groups -OCH3 is 1. The molecule has 4 rings (SSSR count). The van der Waals surface area contributed by atoms with Crippen LogP contribution < -0.4 is 9.47 Å². The lowest BCUT2D eigenvalue weighted by Gasteiger charge is -2.38. The summed E-state index contributed by atoms with van der Waals surface area (Å²) in [4.78, 5) is 27.5. The molecule has 0 aliphatic carbocycles. The van der Waals surface area contributed by atoms with E-state index in [-0.39, 0.29) is 24.5 Å². The number of ether oxygens (including phenoxy) is 2. The highest BCUT2D eigenvalue weighted by atomic mass is 16.5. The SMILES string of the molecule is COc1cccc(OCC(=O)N2CC(n3cc(CN4CCCC4=O)nn3)C2)c1. The second-order valence-electron chi connectivity index (χ2n) is 7.03. The van der Waals surface area contributed by atoms with Crippen LogP contribution in [0, 0.1) is 0 Å². The van der Waals surface area contributed by atoms with Crippen molar-refractivity contribution in [1.29, 1.82) is 0 Å². The summed E-state index contributed by atoms with van der Waals surface area (Å²) < 4.78 is 12.5. The Morgan fingerprint density at radius 2 is 2.11 bits per heavy atom. The normalized spacial score (nSPS) is 17.0. The third kappa shape index (κ3) is 3.92. The Morgan fingerprint density at radius 3 is 2.86 bits per heavy atom. The molecule has 1 aromatic heterocycles. The number of benzene rings is 1. The molecule has 2 fully saturated rings. The number of hydrogen-bond donors (Lipinski definition) is 0. The molecule has 9 nitrogen and oxygen atoms in total. The van der Waals surface area contributed by atoms with E-state index >= 15 is 0 Å². The Morgan fingerprint density at radius 1 is 1.29 bits per heavy atom. The van der Waals surface area contributed by atoms with Crippen molar-refractivity contribution in [3.63, 3.8) is 0 Å². The van der Waals surface area contributed by atoms with Gasteiger partial charge in [-0.15, -0.1) is 5.10 Å². The van der Waals surface area contributed by atoms with Crippen LogP contribution in [0.3, 0.4) is 0 Å². The first-order chi connectivity index (χ1) is 13.6. The first-order valence-corrected chi connectivity index (χ1v) is 9.35. The summed E-state index contributed by atoms with van der Waals surface area (Å²) in [6.07, 6.45) is 3.39. The van der Waals surface area contributed by atoms with Gasteiger partial charge in [-0.3, -0.25) is 9.59 Å². The molecule has 0 spiro atoms. The first-order valence-electron chi connectivity index (χ1n) is 9.35. The zero-order valence-electron chi connectivity index (χ0n) is 15.8. The highest BCUT2D eigenvalue weighted by molar-refractivity contribution is 5.78. The molecule has 0 unspecified atom stereocenters. The van der Waals surface area contributed by atoms with Gasteiger partial charge in [-0.05, 0) is 18.6 Å². The van der Waals surface area contributed by atoms with Gasteiger partial charge >= 0.3 is 0 Å². The zero-order valence-corrected chi connectivity index (χ0v) is 15.8. The van der Waals surface area contributed by atoms with Gasteiger partial charge in [0.05, 0.1) is 25.9 Å². The maximum Gasteiger partial charge on any atom is 0.260 e. The van der Waals surface area contributed by atoms with Crippen LogP contribution in [-0.2, 0) is 16.1 Å². The van der Waals surface area contributed by atoms with E-state index in [1.54, 1.807) is 33.7 Å². The lowest BCUT2D eigenvalue weighted by molar-refractivity contribution is -0.139. The van der Waals surface area contributed by atoms with Gasteiger partial charge in [0.15, 0.2) is 6.61 Å². The Balaban J connectivity index is 1.24. The molecule has 2 aromatic rings. The fourth-order valence-electron chi connectivity index (χ4n) is 3.38. The average Bonchev–Trinajstić information content (AvgIpc) is 3.29. The van der Waals surface area contributed by atoms with E-state index in [9.17, 15) is 9.59 Å². The van der Waals surface area contributed by atoms with E-state index in [2.05, 4.69) is 10.3 Å². The summed E-state index contributed by atoms with van der Waals surface area (Å²) in [6.45, 7) is 2.42. The maximum absolute atomic E-state index is 12.3. The molecule has 0 saturated carbocycles. The van der Waals surface area contributed by atoms with E-state index in [1.165, 1.54) is 0 Å². The number of nitrogens with zero attached hydrogens (tertiary/aromatic N) is 5. The monoisotopic (exact) mass is 385 g/mol. The average molecular weight is 385 g/mol. The summed E-state index contributed by atoms with van der Waals surface area (Å²) in [5, 5.41) is 8.32. The molecular formula is C19H23N5O4. The lowest BCUT2D eigenvalue weighted by Crippen LogP contribution is -2.52. The van der Waals surface area contributed by atoms with E-state index in [0.29, 0.717) is 37.6 Å². The first kappa shape index (κ1) is 18.3. The molecule has 9 heteroatoms. The molecule has 0 bridgehead atoms. The van der Waals surface area contributed by atoms with E-state index < -0.39 is 0 Å². The highest BCUT2D eigenvalue weighted by Crippen LogP contribution is 2.22. The van der Waals surface area contributed by atoms with Crippen LogP contribution in [0.4, 0.5) is 0 Å². The van der Waals surface area contributed by atoms with Crippen LogP contribution in [0.1, 0.15) is 24.6 Å². The fourth-order valence-corrected chi connectivity index (χ4v) is 3.38. The molecule has 0 N–H and O–H groups in total. The number of hydrogen-bond acceptors (Lipinski definition) is 6. The predicted molar refractivity (Wildman–Crippen MR) is 98.8 cm³/mol. The lowest BCUT2D eigenvalue weighted by atomic mass is 10.1. The van der Waals surface area contributed by atoms with Gasteiger partial charge in [0.1, 0.15) is 17.2 Å². The molecule has 2 aliphatic rings. The predicted octanol–water partition coefficient (Wildman–Crippen LogP) is 0.871. The summed E-state index contributed by atoms with van der Waals surface area (Å²) in [7, 11) is 1.59. The van der Waals surface area contributed by atoms with Crippen molar-refractivity contribution in [2.24, 2.45) is 0 Å². The van der Waals surface area contributed by atoms with Crippen molar-refractivity contribution >= 4 is 11.8 Å². The fraction of sp³-hybridized carbons (Fsp3) is 0.474. The highest BCUT2D eigenvalue weighted by Gasteiger charge is 2.33. The van der Waals surface area contributed by atoms with Crippen LogP contribution in [0.2, 0.25) is 0 Å². The number of aromatic nitrogens is 3. The van der Waals surface area contributed by atoms with Crippen LogP contribution in [0.15, 0.2) is 30.5 Å². The second kappa shape index (κ2) is 7.87. The van der Waals surface area contributed by atoms with Gasteiger partial charge in [0.2, 0.25) is 5.91 Å². The molecule has 3 heterocycles. The van der Waals surface area contributed by atoms with Crippen LogP contribution in [0.25, 0.3) is 0 Å². The van der Waals surface area contributed by atoms with Crippen molar-refractivity contribution in [3.8, 4) is 11.5 Å². The molecule has 28 heavy (non-hydrogen) atoms. The minimum Gasteiger partial charge on any atom is -0.497 e. The summed E-state index contributed by atoms with van der Waals surface area (Å²) >= 11 is 0. The smallest absolute Gasteiger partial charge is 0.260 e. The maximum atomic E-state index is 12.3. The van der Waals surface area contributed by atoms with E-state index in [1.807, 2.05) is 18.3 Å². The minimum absolute atomic E-state index is 0.0143. The summed E-state index contributed by atoms with van der Waals surface area (Å²) in [5.74, 6) is 1.39. The number of carbonyl (C=O) groups excluding carboxylic acids is 2. The Labute approximate surface area is 162 Å². The van der Waals surface area contributed by atoms with Gasteiger partial charge in [0.25, 0.3) is 5.91 Å². The molecule has 0 atom stereocenters. The van der Waals surface area contributed by atoms with Crippen molar-refractivity contribution in [1.82, 2.24) is 24.8 Å². The van der Waals surface area contributed by atoms with Crippen molar-refractivity contribution in [2.75, 3.05) is 33.4 Å². The van der Waals surface area contributed by atoms with Crippen LogP contribution in [0.5, 0.6) is 11.5 Å². The molecular weight excluding hydrogens is 362 g/mol. The van der Waals surface area contributed by atoms with Gasteiger partial charge in [0, 0.05) is 32.1 Å². The molecule has 2 aliphatic heterocycles. The minimum atomic E-state index is -0.0675. The standard InChI is InChI=1S/C19H23N5O4/c1-27-16-4-2-5-17(8-16)28-13-19(26)23-11-15(12-23)24-10-14(20-21-24)9-22-7-3-6-18(22)25/h2,4-5,8,10,15H,3,6-7,9,11-13H2,1H3. The van der Waals surface area contributed by atoms with Crippen molar-refractivity contribution in [3.05, 3.63) is 36.2 Å². The summed E-state index contributed by atoms with van der Waals surface area (Å²) in [5.41, 5.74) is 0.779. The second-order valence-corrected chi connectivity index (χ2v) is 7.03. The van der Waals surface area contributed by atoms with Gasteiger partial charge in [-0.25, -0.2) is 4.68 Å². The van der Waals surface area contributed by atoms with E-state index in [0.717, 1.165) is 18.7 Å². The summed E-state index contributed by atoms with van der Waals surface area (Å²) in [6, 6.07) is 7.28. The van der Waals surface area contributed by atoms with Crippen molar-refractivity contribution in [2.45, 2.75) is 25.4 Å². The number of carbonyl (C=O) groups is 2. The number of likely N-dealkylation sites (tertiary alicyclic amines) is 2. The molecule has 2 saturated heterocycles. The molecule has 2 amide bonds. The van der Waals surface area contributed by atoms with Gasteiger partial charge < -0.3 is 19.3 Å². The largest absolute Gasteiger partial charge is 0.497 e. The Hall–Kier alpha value is -3.10. The van der Waals surface area contributed by atoms with Crippen molar-refractivity contribution < 1.29 is 19.1 Å².